The third-order valence-corrected chi connectivity index (χ3v) is 2.71. The molecule has 0 aromatic heterocycles. The van der Waals surface area contributed by atoms with Crippen molar-refractivity contribution in [2.75, 3.05) is 13.1 Å². The summed E-state index contributed by atoms with van der Waals surface area (Å²) < 4.78 is 0. The number of benzene rings is 1. The Balaban J connectivity index is 2.97. The van der Waals surface area contributed by atoms with Gasteiger partial charge in [0.1, 0.15) is 5.75 Å². The van der Waals surface area contributed by atoms with Gasteiger partial charge in [-0.05, 0) is 38.5 Å². The summed E-state index contributed by atoms with van der Waals surface area (Å²) >= 11 is 0. The van der Waals surface area contributed by atoms with Gasteiger partial charge < -0.3 is 15.7 Å². The number of nitrogens with zero attached hydrogens (tertiary/aromatic N) is 1. The minimum Gasteiger partial charge on any atom is -0.508 e. The van der Waals surface area contributed by atoms with Gasteiger partial charge in [-0.2, -0.15) is 0 Å². The van der Waals surface area contributed by atoms with Crippen molar-refractivity contribution in [1.82, 2.24) is 4.90 Å². The zero-order valence-electron chi connectivity index (χ0n) is 10.6. The summed E-state index contributed by atoms with van der Waals surface area (Å²) in [7, 11) is 0. The first-order valence-electron chi connectivity index (χ1n) is 5.78. The number of nitrogens with two attached hydrogens (primary N) is 1. The number of carbonyl (C=O) groups excluding carboxylic acids is 1. The summed E-state index contributed by atoms with van der Waals surface area (Å²) in [4.78, 5) is 13.9. The molecule has 0 aliphatic rings. The molecule has 1 amide bonds. The molecule has 1 rings (SSSR count). The van der Waals surface area contributed by atoms with Crippen molar-refractivity contribution in [3.8, 4) is 5.75 Å². The molecule has 0 radical (unpaired) electrons. The standard InChI is InChI=1S/C13H20N2O2/c1-9(2)15(7-6-14)13(17)11-5-4-10(3)12(16)8-11/h4-5,8-9,16H,6-7,14H2,1-3H3. The Morgan fingerprint density at radius 2 is 2.12 bits per heavy atom. The average molecular weight is 236 g/mol. The van der Waals surface area contributed by atoms with Crippen LogP contribution < -0.4 is 5.73 Å². The maximum Gasteiger partial charge on any atom is 0.254 e. The molecule has 0 bridgehead atoms. The highest BCUT2D eigenvalue weighted by Crippen LogP contribution is 2.19. The number of hydrogen-bond donors (Lipinski definition) is 2. The Bertz CT molecular complexity index is 402. The number of aryl methyl sites for hydroxylation is 1. The van der Waals surface area contributed by atoms with Gasteiger partial charge in [0.05, 0.1) is 0 Å². The number of hydrogen-bond acceptors (Lipinski definition) is 3. The van der Waals surface area contributed by atoms with Gasteiger partial charge >= 0.3 is 0 Å². The van der Waals surface area contributed by atoms with Crippen LogP contribution in [0.3, 0.4) is 0 Å². The summed E-state index contributed by atoms with van der Waals surface area (Å²) in [5, 5.41) is 9.60. The molecule has 0 aliphatic heterocycles. The van der Waals surface area contributed by atoms with E-state index in [1.165, 1.54) is 6.07 Å². The van der Waals surface area contributed by atoms with Crippen molar-refractivity contribution < 1.29 is 9.90 Å². The molecular weight excluding hydrogens is 216 g/mol. The van der Waals surface area contributed by atoms with Crippen molar-refractivity contribution >= 4 is 5.91 Å². The number of aromatic hydroxyl groups is 1. The molecule has 4 heteroatoms. The van der Waals surface area contributed by atoms with Crippen LogP contribution >= 0.6 is 0 Å². The molecule has 4 nitrogen and oxygen atoms in total. The van der Waals surface area contributed by atoms with Crippen molar-refractivity contribution in [2.45, 2.75) is 26.8 Å². The lowest BCUT2D eigenvalue weighted by Crippen LogP contribution is -2.40. The van der Waals surface area contributed by atoms with Crippen molar-refractivity contribution in [1.29, 1.82) is 0 Å². The first-order chi connectivity index (χ1) is 7.97. The van der Waals surface area contributed by atoms with Crippen LogP contribution in [0.5, 0.6) is 5.75 Å². The SMILES string of the molecule is Cc1ccc(C(=O)N(CCN)C(C)C)cc1O. The van der Waals surface area contributed by atoms with Crippen LogP contribution in [-0.4, -0.2) is 35.0 Å². The van der Waals surface area contributed by atoms with E-state index in [4.69, 9.17) is 5.73 Å². The molecule has 0 saturated carbocycles. The molecule has 1 aromatic carbocycles. The zero-order chi connectivity index (χ0) is 13.0. The van der Waals surface area contributed by atoms with Gasteiger partial charge in [0.15, 0.2) is 0 Å². The highest BCUT2D eigenvalue weighted by molar-refractivity contribution is 5.94. The van der Waals surface area contributed by atoms with Crippen LogP contribution in [0.1, 0.15) is 29.8 Å². The van der Waals surface area contributed by atoms with Crippen LogP contribution in [-0.2, 0) is 0 Å². The second kappa shape index (κ2) is 5.68. The minimum absolute atomic E-state index is 0.0921. The van der Waals surface area contributed by atoms with E-state index in [9.17, 15) is 9.90 Å². The molecule has 0 atom stereocenters. The fourth-order valence-electron chi connectivity index (χ4n) is 1.64. The lowest BCUT2D eigenvalue weighted by atomic mass is 10.1. The number of amides is 1. The molecule has 3 N–H and O–H groups in total. The van der Waals surface area contributed by atoms with E-state index in [-0.39, 0.29) is 17.7 Å². The van der Waals surface area contributed by atoms with Crippen LogP contribution in [0, 0.1) is 6.92 Å². The van der Waals surface area contributed by atoms with Crippen LogP contribution in [0.4, 0.5) is 0 Å². The Morgan fingerprint density at radius 3 is 2.59 bits per heavy atom. The van der Waals surface area contributed by atoms with E-state index in [0.717, 1.165) is 5.56 Å². The zero-order valence-corrected chi connectivity index (χ0v) is 10.6. The van der Waals surface area contributed by atoms with E-state index in [1.54, 1.807) is 24.0 Å². The van der Waals surface area contributed by atoms with Gasteiger partial charge in [-0.3, -0.25) is 4.79 Å². The minimum atomic E-state index is -0.0965. The lowest BCUT2D eigenvalue weighted by molar-refractivity contribution is 0.0711. The average Bonchev–Trinajstić information content (AvgIpc) is 2.28. The van der Waals surface area contributed by atoms with E-state index < -0.39 is 0 Å². The molecule has 0 fully saturated rings. The molecule has 0 aliphatic carbocycles. The second-order valence-electron chi connectivity index (χ2n) is 4.38. The smallest absolute Gasteiger partial charge is 0.254 e. The molecule has 1 aromatic rings. The molecule has 0 unspecified atom stereocenters. The third kappa shape index (κ3) is 3.20. The van der Waals surface area contributed by atoms with E-state index in [1.807, 2.05) is 13.8 Å². The van der Waals surface area contributed by atoms with E-state index in [2.05, 4.69) is 0 Å². The summed E-state index contributed by atoms with van der Waals surface area (Å²) in [5.74, 6) is 0.0491. The molecule has 0 saturated heterocycles. The monoisotopic (exact) mass is 236 g/mol. The largest absolute Gasteiger partial charge is 0.508 e. The first kappa shape index (κ1) is 13.5. The highest BCUT2D eigenvalue weighted by Gasteiger charge is 2.18. The van der Waals surface area contributed by atoms with Crippen LogP contribution in [0.15, 0.2) is 18.2 Å². The van der Waals surface area contributed by atoms with Gasteiger partial charge in [-0.1, -0.05) is 6.07 Å². The fraction of sp³-hybridized carbons (Fsp3) is 0.462. The molecule has 0 heterocycles. The maximum atomic E-state index is 12.2. The van der Waals surface area contributed by atoms with Crippen molar-refractivity contribution in [2.24, 2.45) is 5.73 Å². The Kier molecular flexibility index (Phi) is 4.52. The fourth-order valence-corrected chi connectivity index (χ4v) is 1.64. The first-order valence-corrected chi connectivity index (χ1v) is 5.78. The highest BCUT2D eigenvalue weighted by atomic mass is 16.3. The topological polar surface area (TPSA) is 66.6 Å². The van der Waals surface area contributed by atoms with Gasteiger partial charge in [0.2, 0.25) is 0 Å². The summed E-state index contributed by atoms with van der Waals surface area (Å²) in [5.41, 5.74) is 6.75. The van der Waals surface area contributed by atoms with Gasteiger partial charge in [-0.15, -0.1) is 0 Å². The Labute approximate surface area is 102 Å². The van der Waals surface area contributed by atoms with E-state index in [0.29, 0.717) is 18.7 Å². The molecule has 0 spiro atoms. The van der Waals surface area contributed by atoms with Gasteiger partial charge in [-0.25, -0.2) is 0 Å². The Morgan fingerprint density at radius 1 is 1.47 bits per heavy atom. The van der Waals surface area contributed by atoms with Crippen molar-refractivity contribution in [3.63, 3.8) is 0 Å². The van der Waals surface area contributed by atoms with Gasteiger partial charge in [0.25, 0.3) is 5.91 Å². The number of carbonyl (C=O) groups is 1. The number of rotatable bonds is 4. The third-order valence-electron chi connectivity index (χ3n) is 2.71. The maximum absolute atomic E-state index is 12.2. The number of phenolic OH excluding ortho intramolecular Hbond substituents is 1. The number of phenols is 1. The molecular formula is C13H20N2O2. The summed E-state index contributed by atoms with van der Waals surface area (Å²) in [6.45, 7) is 6.64. The summed E-state index contributed by atoms with van der Waals surface area (Å²) in [6.07, 6.45) is 0. The van der Waals surface area contributed by atoms with Crippen molar-refractivity contribution in [3.05, 3.63) is 29.3 Å². The normalized spacial score (nSPS) is 10.6. The predicted molar refractivity (Wildman–Crippen MR) is 68.1 cm³/mol. The molecule has 94 valence electrons. The van der Waals surface area contributed by atoms with Crippen LogP contribution in [0.2, 0.25) is 0 Å². The van der Waals surface area contributed by atoms with Crippen LogP contribution in [0.25, 0.3) is 0 Å². The van der Waals surface area contributed by atoms with E-state index >= 15 is 0 Å². The lowest BCUT2D eigenvalue weighted by Gasteiger charge is -2.26. The van der Waals surface area contributed by atoms with Gasteiger partial charge in [0, 0.05) is 24.7 Å². The predicted octanol–water partition coefficient (Wildman–Crippen LogP) is 1.51. The molecule has 17 heavy (non-hydrogen) atoms. The Hall–Kier alpha value is -1.55. The quantitative estimate of drug-likeness (QED) is 0.832. The second-order valence-corrected chi connectivity index (χ2v) is 4.38. The summed E-state index contributed by atoms with van der Waals surface area (Å²) in [6, 6.07) is 5.06.